The molecule has 0 saturated carbocycles. The van der Waals surface area contributed by atoms with Crippen molar-refractivity contribution in [2.24, 2.45) is 0 Å². The zero-order valence-corrected chi connectivity index (χ0v) is 16.8. The summed E-state index contributed by atoms with van der Waals surface area (Å²) in [7, 11) is 0. The average molecular weight is 492 g/mol. The quantitative estimate of drug-likeness (QED) is 0.345. The fourth-order valence-electron chi connectivity index (χ4n) is 2.13. The molecule has 0 fully saturated rings. The highest BCUT2D eigenvalue weighted by molar-refractivity contribution is 9.11. The maximum atomic E-state index is 11.2. The van der Waals surface area contributed by atoms with E-state index in [2.05, 4.69) is 42.3 Å². The normalized spacial score (nSPS) is 12.0. The van der Waals surface area contributed by atoms with Crippen LogP contribution in [0.25, 0.3) is 10.9 Å². The SMILES string of the molecule is CC(=O)COc1c(Br)cc2[nH]cc(ON[C@H](C=O)CCC(=O)O)c2c1Br. The molecular formula is C16H16Br2N2O6. The molecule has 0 spiro atoms. The fraction of sp³-hybridized carbons (Fsp3) is 0.312. The zero-order valence-electron chi connectivity index (χ0n) is 13.7. The van der Waals surface area contributed by atoms with Crippen LogP contribution in [0.1, 0.15) is 19.8 Å². The van der Waals surface area contributed by atoms with Crippen LogP contribution in [0.3, 0.4) is 0 Å². The van der Waals surface area contributed by atoms with Crippen molar-refractivity contribution < 1.29 is 29.1 Å². The number of halogens is 2. The Morgan fingerprint density at radius 2 is 2.15 bits per heavy atom. The Kier molecular flexibility index (Phi) is 7.18. The maximum absolute atomic E-state index is 11.2. The molecule has 0 aliphatic heterocycles. The molecule has 1 aromatic heterocycles. The molecule has 0 saturated heterocycles. The second-order valence-electron chi connectivity index (χ2n) is 5.46. The van der Waals surface area contributed by atoms with Crippen LogP contribution in [-0.2, 0) is 14.4 Å². The summed E-state index contributed by atoms with van der Waals surface area (Å²) in [5.41, 5.74) is 3.28. The monoisotopic (exact) mass is 490 g/mol. The summed E-state index contributed by atoms with van der Waals surface area (Å²) in [4.78, 5) is 41.3. The second-order valence-corrected chi connectivity index (χ2v) is 7.11. The lowest BCUT2D eigenvalue weighted by atomic mass is 10.2. The number of ether oxygens (including phenoxy) is 1. The van der Waals surface area contributed by atoms with Crippen molar-refractivity contribution in [1.29, 1.82) is 0 Å². The summed E-state index contributed by atoms with van der Waals surface area (Å²) in [6.07, 6.45) is 2.11. The van der Waals surface area contributed by atoms with Crippen LogP contribution < -0.4 is 15.1 Å². The molecule has 0 bridgehead atoms. The number of ketones is 1. The molecule has 0 amide bonds. The van der Waals surface area contributed by atoms with Crippen LogP contribution in [0, 0.1) is 0 Å². The molecule has 1 heterocycles. The van der Waals surface area contributed by atoms with E-state index in [9.17, 15) is 14.4 Å². The van der Waals surface area contributed by atoms with Crippen LogP contribution >= 0.6 is 31.9 Å². The molecule has 3 N–H and O–H groups in total. The number of carboxylic acid groups (broad SMARTS) is 1. The van der Waals surface area contributed by atoms with Crippen LogP contribution in [0.5, 0.6) is 11.5 Å². The van der Waals surface area contributed by atoms with E-state index in [0.717, 1.165) is 5.52 Å². The van der Waals surface area contributed by atoms with Crippen molar-refractivity contribution in [3.63, 3.8) is 0 Å². The fourth-order valence-corrected chi connectivity index (χ4v) is 3.68. The summed E-state index contributed by atoms with van der Waals surface area (Å²) in [5, 5.41) is 9.34. The number of hydrogen-bond acceptors (Lipinski definition) is 6. The van der Waals surface area contributed by atoms with Gasteiger partial charge < -0.3 is 24.5 Å². The van der Waals surface area contributed by atoms with Gasteiger partial charge in [0.15, 0.2) is 11.5 Å². The third kappa shape index (κ3) is 5.05. The van der Waals surface area contributed by atoms with Gasteiger partial charge in [-0.15, -0.1) is 5.48 Å². The molecule has 8 nitrogen and oxygen atoms in total. The minimum absolute atomic E-state index is 0.0794. The first kappa shape index (κ1) is 20.4. The molecule has 0 aliphatic rings. The highest BCUT2D eigenvalue weighted by Gasteiger charge is 2.19. The molecule has 26 heavy (non-hydrogen) atoms. The van der Waals surface area contributed by atoms with Crippen LogP contribution in [0.15, 0.2) is 21.2 Å². The third-order valence-electron chi connectivity index (χ3n) is 3.35. The van der Waals surface area contributed by atoms with E-state index in [1.165, 1.54) is 6.92 Å². The largest absolute Gasteiger partial charge is 0.483 e. The number of carboxylic acids is 1. The number of Topliss-reactive ketones (excluding diaryl/α,β-unsaturated/α-hetero) is 1. The van der Waals surface area contributed by atoms with Gasteiger partial charge >= 0.3 is 5.97 Å². The van der Waals surface area contributed by atoms with Crippen molar-refractivity contribution in [3.05, 3.63) is 21.2 Å². The first-order chi connectivity index (χ1) is 12.3. The number of aliphatic carboxylic acids is 1. The smallest absolute Gasteiger partial charge is 0.303 e. The Morgan fingerprint density at radius 1 is 1.42 bits per heavy atom. The molecule has 0 radical (unpaired) electrons. The van der Waals surface area contributed by atoms with Crippen molar-refractivity contribution in [2.75, 3.05) is 6.61 Å². The van der Waals surface area contributed by atoms with Gasteiger partial charge in [0.1, 0.15) is 18.6 Å². The summed E-state index contributed by atoms with van der Waals surface area (Å²) < 4.78 is 6.73. The predicted octanol–water partition coefficient (Wildman–Crippen LogP) is 2.98. The van der Waals surface area contributed by atoms with E-state index in [1.54, 1.807) is 12.3 Å². The highest BCUT2D eigenvalue weighted by Crippen LogP contribution is 2.43. The molecule has 2 rings (SSSR count). The number of carbonyl (C=O) groups excluding carboxylic acids is 2. The van der Waals surface area contributed by atoms with E-state index >= 15 is 0 Å². The molecule has 10 heteroatoms. The summed E-state index contributed by atoms with van der Waals surface area (Å²) in [6, 6.07) is 1.00. The summed E-state index contributed by atoms with van der Waals surface area (Å²) >= 11 is 6.84. The number of aromatic nitrogens is 1. The Balaban J connectivity index is 2.22. The predicted molar refractivity (Wildman–Crippen MR) is 100 cm³/mol. The molecular weight excluding hydrogens is 476 g/mol. The van der Waals surface area contributed by atoms with Gasteiger partial charge in [-0.3, -0.25) is 9.59 Å². The standard InChI is InChI=1S/C16H16Br2N2O6/c1-8(22)7-25-16-10(17)4-11-14(15(16)18)12(5-19-11)26-20-9(6-21)2-3-13(23)24/h4-6,9,19-20H,2-3,7H2,1H3,(H,23,24)/t9-/m0/s1. The number of carbonyl (C=O) groups is 3. The lowest BCUT2D eigenvalue weighted by molar-refractivity contribution is -0.137. The van der Waals surface area contributed by atoms with E-state index in [4.69, 9.17) is 14.7 Å². The number of nitrogens with one attached hydrogen (secondary N) is 2. The average Bonchev–Trinajstić information content (AvgIpc) is 2.97. The maximum Gasteiger partial charge on any atom is 0.303 e. The zero-order chi connectivity index (χ0) is 19.3. The van der Waals surface area contributed by atoms with E-state index in [1.807, 2.05) is 0 Å². The lowest BCUT2D eigenvalue weighted by Gasteiger charge is -2.13. The van der Waals surface area contributed by atoms with Crippen molar-refractivity contribution in [1.82, 2.24) is 10.5 Å². The topological polar surface area (TPSA) is 118 Å². The van der Waals surface area contributed by atoms with Crippen LogP contribution in [0.4, 0.5) is 0 Å². The molecule has 0 unspecified atom stereocenters. The number of aldehydes is 1. The highest BCUT2D eigenvalue weighted by atomic mass is 79.9. The Labute approximate surface area is 165 Å². The van der Waals surface area contributed by atoms with E-state index in [-0.39, 0.29) is 25.2 Å². The number of rotatable bonds is 10. The van der Waals surface area contributed by atoms with Crippen molar-refractivity contribution in [3.8, 4) is 11.5 Å². The van der Waals surface area contributed by atoms with Gasteiger partial charge in [-0.05, 0) is 51.3 Å². The van der Waals surface area contributed by atoms with Crippen LogP contribution in [0.2, 0.25) is 0 Å². The van der Waals surface area contributed by atoms with Crippen LogP contribution in [-0.4, -0.2) is 40.8 Å². The van der Waals surface area contributed by atoms with Crippen molar-refractivity contribution >= 4 is 60.8 Å². The number of benzene rings is 1. The number of fused-ring (bicyclic) bond motifs is 1. The molecule has 2 aromatic rings. The van der Waals surface area contributed by atoms with Gasteiger partial charge in [0.25, 0.3) is 0 Å². The Morgan fingerprint density at radius 3 is 2.77 bits per heavy atom. The minimum atomic E-state index is -0.995. The minimum Gasteiger partial charge on any atom is -0.483 e. The van der Waals surface area contributed by atoms with E-state index < -0.39 is 12.0 Å². The van der Waals surface area contributed by atoms with Gasteiger partial charge in [0, 0.05) is 12.6 Å². The van der Waals surface area contributed by atoms with Crippen molar-refractivity contribution in [2.45, 2.75) is 25.8 Å². The Hall–Kier alpha value is -1.91. The summed E-state index contributed by atoms with van der Waals surface area (Å²) in [6.45, 7) is 1.34. The third-order valence-corrected chi connectivity index (χ3v) is 4.70. The molecule has 1 aromatic carbocycles. The summed E-state index contributed by atoms with van der Waals surface area (Å²) in [5.74, 6) is -0.293. The van der Waals surface area contributed by atoms with Gasteiger partial charge in [-0.1, -0.05) is 0 Å². The van der Waals surface area contributed by atoms with Gasteiger partial charge in [0.2, 0.25) is 0 Å². The number of aromatic amines is 1. The number of hydroxylamine groups is 1. The first-order valence-electron chi connectivity index (χ1n) is 7.54. The Bertz CT molecular complexity index is 836. The van der Waals surface area contributed by atoms with Gasteiger partial charge in [0.05, 0.1) is 25.9 Å². The second kappa shape index (κ2) is 9.15. The molecule has 0 aliphatic carbocycles. The van der Waals surface area contributed by atoms with E-state index in [0.29, 0.717) is 32.1 Å². The lowest BCUT2D eigenvalue weighted by Crippen LogP contribution is -2.33. The molecule has 140 valence electrons. The van der Waals surface area contributed by atoms with Gasteiger partial charge in [-0.2, -0.15) is 0 Å². The number of hydrogen-bond donors (Lipinski definition) is 3. The van der Waals surface area contributed by atoms with Gasteiger partial charge in [-0.25, -0.2) is 0 Å². The number of H-pyrrole nitrogens is 1. The first-order valence-corrected chi connectivity index (χ1v) is 9.12. The molecule has 1 atom stereocenters.